The third kappa shape index (κ3) is 8.51. The number of H-pyrrole nitrogens is 2. The van der Waals surface area contributed by atoms with Crippen molar-refractivity contribution in [3.8, 4) is 17.1 Å². The smallest absolute Gasteiger partial charge is 0.344 e. The molecule has 6 heteroatoms. The molecule has 3 rings (SSSR count). The molecule has 0 aliphatic carbocycles. The molecule has 3 heterocycles. The second-order valence-corrected chi connectivity index (χ2v) is 9.74. The highest BCUT2D eigenvalue weighted by molar-refractivity contribution is 6.00. The summed E-state index contributed by atoms with van der Waals surface area (Å²) in [6.07, 6.45) is 19.9. The van der Waals surface area contributed by atoms with Crippen LogP contribution in [-0.2, 0) is 11.2 Å². The van der Waals surface area contributed by atoms with Gasteiger partial charge in [0.25, 0.3) is 0 Å². The van der Waals surface area contributed by atoms with Crippen LogP contribution >= 0.6 is 0 Å². The van der Waals surface area contributed by atoms with Gasteiger partial charge in [0.1, 0.15) is 5.56 Å². The Labute approximate surface area is 222 Å². The number of nitrogens with zero attached hydrogens (tertiary/aromatic N) is 1. The molecule has 6 nitrogen and oxygen atoms in total. The van der Waals surface area contributed by atoms with Gasteiger partial charge in [-0.15, -0.1) is 0 Å². The first-order valence-electron chi connectivity index (χ1n) is 14.2. The van der Waals surface area contributed by atoms with Crippen molar-refractivity contribution in [3.63, 3.8) is 0 Å². The Morgan fingerprint density at radius 2 is 1.65 bits per heavy atom. The SMILES string of the molecule is CCCCCCCCCCCC1=NC(=CCc2[nH]c(-c3ccc(C)[nH]3)c(C(=O)OCC)c2OCC)C=C1. The number of carbonyl (C=O) groups is 1. The summed E-state index contributed by atoms with van der Waals surface area (Å²) in [7, 11) is 0. The molecule has 0 saturated heterocycles. The quantitative estimate of drug-likeness (QED) is 0.167. The Morgan fingerprint density at radius 3 is 2.30 bits per heavy atom. The summed E-state index contributed by atoms with van der Waals surface area (Å²) in [6, 6.07) is 3.95. The number of carbonyl (C=O) groups excluding carboxylic acids is 1. The van der Waals surface area contributed by atoms with Gasteiger partial charge in [-0.2, -0.15) is 0 Å². The van der Waals surface area contributed by atoms with Gasteiger partial charge in [-0.25, -0.2) is 4.79 Å². The van der Waals surface area contributed by atoms with Crippen LogP contribution in [0.5, 0.6) is 5.75 Å². The first kappa shape index (κ1) is 28.5. The third-order valence-corrected chi connectivity index (χ3v) is 6.67. The Balaban J connectivity index is 1.62. The molecular formula is C31H45N3O3. The fraction of sp³-hybridized carbons (Fsp3) is 0.548. The lowest BCUT2D eigenvalue weighted by molar-refractivity contribution is 0.0523. The van der Waals surface area contributed by atoms with Gasteiger partial charge in [-0.1, -0.05) is 64.4 Å². The Bertz CT molecular complexity index is 1090. The Hall–Kier alpha value is -3.02. The highest BCUT2D eigenvalue weighted by Crippen LogP contribution is 2.35. The van der Waals surface area contributed by atoms with Gasteiger partial charge in [-0.05, 0) is 57.9 Å². The highest BCUT2D eigenvalue weighted by atomic mass is 16.5. The van der Waals surface area contributed by atoms with E-state index in [0.29, 0.717) is 36.6 Å². The monoisotopic (exact) mass is 507 g/mol. The number of aromatic amines is 2. The van der Waals surface area contributed by atoms with Crippen molar-refractivity contribution in [2.75, 3.05) is 13.2 Å². The molecule has 2 aromatic heterocycles. The van der Waals surface area contributed by atoms with Crippen LogP contribution in [0.3, 0.4) is 0 Å². The molecule has 0 radical (unpaired) electrons. The number of hydrogen-bond acceptors (Lipinski definition) is 4. The average molecular weight is 508 g/mol. The zero-order valence-electron chi connectivity index (χ0n) is 23.3. The largest absolute Gasteiger partial charge is 0.491 e. The summed E-state index contributed by atoms with van der Waals surface area (Å²) in [5, 5.41) is 0. The maximum Gasteiger partial charge on any atom is 0.344 e. The van der Waals surface area contributed by atoms with Gasteiger partial charge in [-0.3, -0.25) is 4.99 Å². The first-order valence-corrected chi connectivity index (χ1v) is 14.2. The van der Waals surface area contributed by atoms with E-state index in [9.17, 15) is 4.79 Å². The molecule has 2 aromatic rings. The lowest BCUT2D eigenvalue weighted by Crippen LogP contribution is -2.08. The van der Waals surface area contributed by atoms with Crippen LogP contribution in [0.15, 0.2) is 41.1 Å². The number of unbranched alkanes of at least 4 members (excludes halogenated alkanes) is 8. The lowest BCUT2D eigenvalue weighted by Gasteiger charge is -2.08. The van der Waals surface area contributed by atoms with Crippen LogP contribution < -0.4 is 4.74 Å². The number of allylic oxidation sites excluding steroid dienone is 3. The summed E-state index contributed by atoms with van der Waals surface area (Å²) in [6.45, 7) is 8.75. The third-order valence-electron chi connectivity index (χ3n) is 6.67. The second-order valence-electron chi connectivity index (χ2n) is 9.74. The van der Waals surface area contributed by atoms with E-state index < -0.39 is 0 Å². The highest BCUT2D eigenvalue weighted by Gasteiger charge is 2.27. The maximum atomic E-state index is 12.9. The van der Waals surface area contributed by atoms with Crippen LogP contribution in [0.4, 0.5) is 0 Å². The van der Waals surface area contributed by atoms with E-state index in [0.717, 1.165) is 34.9 Å². The fourth-order valence-corrected chi connectivity index (χ4v) is 4.73. The zero-order chi connectivity index (χ0) is 26.5. The van der Waals surface area contributed by atoms with E-state index >= 15 is 0 Å². The Morgan fingerprint density at radius 1 is 0.919 bits per heavy atom. The molecule has 1 aliphatic heterocycles. The molecule has 0 unspecified atom stereocenters. The van der Waals surface area contributed by atoms with Crippen molar-refractivity contribution in [1.29, 1.82) is 0 Å². The predicted molar refractivity (Wildman–Crippen MR) is 153 cm³/mol. The second kappa shape index (κ2) is 15.3. The van der Waals surface area contributed by atoms with E-state index in [1.807, 2.05) is 32.9 Å². The summed E-state index contributed by atoms with van der Waals surface area (Å²) in [5.41, 5.74) is 5.94. The standard InChI is InChI=1S/C31H45N3O3/c1-5-8-9-10-11-12-13-14-15-16-24-18-19-25(33-24)20-22-27-30(36-6-2)28(31(35)37-7-3)29(34-27)26-21-17-23(4)32-26/h17-21,32,34H,5-16,22H2,1-4H3. The normalized spacial score (nSPS) is 13.9. The number of esters is 1. The average Bonchev–Trinajstić information content (AvgIpc) is 3.61. The number of aliphatic imine (C=N–C) groups is 1. The molecule has 0 fully saturated rings. The number of aromatic nitrogens is 2. The number of hydrogen-bond donors (Lipinski definition) is 2. The van der Waals surface area contributed by atoms with Crippen molar-refractivity contribution < 1.29 is 14.3 Å². The molecule has 2 N–H and O–H groups in total. The van der Waals surface area contributed by atoms with Crippen LogP contribution in [-0.4, -0.2) is 34.9 Å². The van der Waals surface area contributed by atoms with E-state index in [1.54, 1.807) is 0 Å². The summed E-state index contributed by atoms with van der Waals surface area (Å²) in [5.74, 6) is 0.173. The predicted octanol–water partition coefficient (Wildman–Crippen LogP) is 8.25. The molecule has 0 saturated carbocycles. The molecule has 0 aromatic carbocycles. The number of ether oxygens (including phenoxy) is 2. The van der Waals surface area contributed by atoms with Gasteiger partial charge in [0, 0.05) is 17.8 Å². The van der Waals surface area contributed by atoms with Crippen LogP contribution in [0, 0.1) is 6.92 Å². The molecule has 0 spiro atoms. The molecule has 202 valence electrons. The number of rotatable bonds is 17. The molecule has 0 bridgehead atoms. The van der Waals surface area contributed by atoms with Gasteiger partial charge in [0.2, 0.25) is 0 Å². The van der Waals surface area contributed by atoms with E-state index in [4.69, 9.17) is 14.5 Å². The topological polar surface area (TPSA) is 79.5 Å². The van der Waals surface area contributed by atoms with Crippen molar-refractivity contribution in [3.05, 3.63) is 53.0 Å². The van der Waals surface area contributed by atoms with Crippen molar-refractivity contribution >= 4 is 11.7 Å². The van der Waals surface area contributed by atoms with Crippen LogP contribution in [0.2, 0.25) is 0 Å². The van der Waals surface area contributed by atoms with Crippen molar-refractivity contribution in [2.45, 2.75) is 98.3 Å². The number of nitrogens with one attached hydrogen (secondary N) is 2. The fourth-order valence-electron chi connectivity index (χ4n) is 4.73. The van der Waals surface area contributed by atoms with Crippen molar-refractivity contribution in [2.24, 2.45) is 4.99 Å². The van der Waals surface area contributed by atoms with Crippen LogP contribution in [0.25, 0.3) is 11.4 Å². The van der Waals surface area contributed by atoms with Gasteiger partial charge >= 0.3 is 5.97 Å². The summed E-state index contributed by atoms with van der Waals surface area (Å²) in [4.78, 5) is 24.5. The minimum absolute atomic E-state index is 0.305. The van der Waals surface area contributed by atoms with E-state index in [2.05, 4.69) is 35.1 Å². The molecule has 0 amide bonds. The zero-order valence-corrected chi connectivity index (χ0v) is 23.3. The molecule has 1 aliphatic rings. The van der Waals surface area contributed by atoms with Gasteiger partial charge in [0.15, 0.2) is 5.75 Å². The molecule has 0 atom stereocenters. The van der Waals surface area contributed by atoms with E-state index in [1.165, 1.54) is 57.8 Å². The first-order chi connectivity index (χ1) is 18.1. The lowest BCUT2D eigenvalue weighted by atomic mass is 10.1. The maximum absolute atomic E-state index is 12.9. The minimum Gasteiger partial charge on any atom is -0.491 e. The minimum atomic E-state index is -0.384. The van der Waals surface area contributed by atoms with Crippen LogP contribution in [0.1, 0.15) is 107 Å². The van der Waals surface area contributed by atoms with Crippen molar-refractivity contribution in [1.82, 2.24) is 9.97 Å². The summed E-state index contributed by atoms with van der Waals surface area (Å²) >= 11 is 0. The van der Waals surface area contributed by atoms with E-state index in [-0.39, 0.29) is 5.97 Å². The Kier molecular flexibility index (Phi) is 11.8. The summed E-state index contributed by atoms with van der Waals surface area (Å²) < 4.78 is 11.3. The molecule has 37 heavy (non-hydrogen) atoms. The van der Waals surface area contributed by atoms with Gasteiger partial charge < -0.3 is 19.4 Å². The molecular weight excluding hydrogens is 462 g/mol. The van der Waals surface area contributed by atoms with Gasteiger partial charge in [0.05, 0.1) is 36.0 Å². The number of aryl methyl sites for hydroxylation is 1.